The van der Waals surface area contributed by atoms with Crippen LogP contribution in [-0.2, 0) is 13.6 Å². The highest BCUT2D eigenvalue weighted by molar-refractivity contribution is 5.93. The van der Waals surface area contributed by atoms with Crippen LogP contribution in [0.15, 0.2) is 24.5 Å². The maximum atomic E-state index is 12.2. The van der Waals surface area contributed by atoms with Crippen molar-refractivity contribution in [2.45, 2.75) is 13.5 Å². The van der Waals surface area contributed by atoms with Gasteiger partial charge in [-0.3, -0.25) is 4.79 Å². The van der Waals surface area contributed by atoms with E-state index in [1.54, 1.807) is 25.1 Å². The van der Waals surface area contributed by atoms with Crippen LogP contribution in [0, 0.1) is 6.92 Å². The summed E-state index contributed by atoms with van der Waals surface area (Å²) in [5, 5.41) is 2.85. The van der Waals surface area contributed by atoms with E-state index in [9.17, 15) is 4.79 Å². The Morgan fingerprint density at radius 2 is 2.27 bits per heavy atom. The molecule has 0 bridgehead atoms. The van der Waals surface area contributed by atoms with Gasteiger partial charge in [0.25, 0.3) is 5.91 Å². The molecule has 7 heteroatoms. The number of nitrogens with zero attached hydrogens (tertiary/aromatic N) is 3. The molecule has 0 saturated heterocycles. The topological polar surface area (TPSA) is 84.8 Å². The molecule has 0 aliphatic heterocycles. The van der Waals surface area contributed by atoms with Gasteiger partial charge in [0.05, 0.1) is 36.7 Å². The molecule has 0 aliphatic carbocycles. The number of aromatic amines is 1. The van der Waals surface area contributed by atoms with E-state index in [4.69, 9.17) is 4.74 Å². The first-order chi connectivity index (χ1) is 10.6. The zero-order valence-corrected chi connectivity index (χ0v) is 12.7. The lowest BCUT2D eigenvalue weighted by molar-refractivity contribution is 0.0941. The fourth-order valence-corrected chi connectivity index (χ4v) is 2.37. The van der Waals surface area contributed by atoms with Crippen molar-refractivity contribution in [1.82, 2.24) is 24.8 Å². The zero-order chi connectivity index (χ0) is 15.7. The SMILES string of the molecule is COc1ccc2nc(CNC(=O)c3c(C)ncn3C)[nH]c2c1. The van der Waals surface area contributed by atoms with Crippen molar-refractivity contribution < 1.29 is 9.53 Å². The fourth-order valence-electron chi connectivity index (χ4n) is 2.37. The second-order valence-electron chi connectivity index (χ2n) is 5.04. The minimum Gasteiger partial charge on any atom is -0.497 e. The van der Waals surface area contributed by atoms with Crippen LogP contribution in [0.4, 0.5) is 0 Å². The number of carbonyl (C=O) groups is 1. The molecule has 2 aromatic heterocycles. The second kappa shape index (κ2) is 5.51. The van der Waals surface area contributed by atoms with Gasteiger partial charge in [-0.1, -0.05) is 0 Å². The summed E-state index contributed by atoms with van der Waals surface area (Å²) in [5.41, 5.74) is 2.97. The Morgan fingerprint density at radius 1 is 1.45 bits per heavy atom. The summed E-state index contributed by atoms with van der Waals surface area (Å²) in [5.74, 6) is 1.28. The van der Waals surface area contributed by atoms with Crippen molar-refractivity contribution in [3.05, 3.63) is 41.7 Å². The largest absolute Gasteiger partial charge is 0.497 e. The van der Waals surface area contributed by atoms with Crippen molar-refractivity contribution in [1.29, 1.82) is 0 Å². The molecule has 0 aliphatic rings. The Labute approximate surface area is 127 Å². The third-order valence-corrected chi connectivity index (χ3v) is 3.49. The van der Waals surface area contributed by atoms with Gasteiger partial charge in [0, 0.05) is 13.1 Å². The van der Waals surface area contributed by atoms with Crippen LogP contribution in [0.5, 0.6) is 5.75 Å². The van der Waals surface area contributed by atoms with Crippen molar-refractivity contribution >= 4 is 16.9 Å². The third kappa shape index (κ3) is 2.52. The Bertz CT molecular complexity index is 814. The lowest BCUT2D eigenvalue weighted by atomic mass is 10.3. The Morgan fingerprint density at radius 3 is 2.95 bits per heavy atom. The Kier molecular flexibility index (Phi) is 3.54. The first kappa shape index (κ1) is 14.1. The predicted octanol–water partition coefficient (Wildman–Crippen LogP) is 1.54. The molecule has 22 heavy (non-hydrogen) atoms. The van der Waals surface area contributed by atoms with Gasteiger partial charge in [-0.15, -0.1) is 0 Å². The molecule has 1 aromatic carbocycles. The first-order valence-electron chi connectivity index (χ1n) is 6.87. The van der Waals surface area contributed by atoms with Gasteiger partial charge in [0.1, 0.15) is 17.3 Å². The van der Waals surface area contributed by atoms with Crippen molar-refractivity contribution in [2.75, 3.05) is 7.11 Å². The second-order valence-corrected chi connectivity index (χ2v) is 5.04. The quantitative estimate of drug-likeness (QED) is 0.765. The number of benzene rings is 1. The number of hydrogen-bond acceptors (Lipinski definition) is 4. The normalized spacial score (nSPS) is 10.9. The number of aryl methyl sites for hydroxylation is 2. The van der Waals surface area contributed by atoms with E-state index in [1.165, 1.54) is 0 Å². The summed E-state index contributed by atoms with van der Waals surface area (Å²) in [6, 6.07) is 5.60. The number of hydrogen-bond donors (Lipinski definition) is 2. The van der Waals surface area contributed by atoms with Gasteiger partial charge in [0.15, 0.2) is 0 Å². The minimum absolute atomic E-state index is 0.171. The summed E-state index contributed by atoms with van der Waals surface area (Å²) in [7, 11) is 3.41. The number of amides is 1. The standard InChI is InChI=1S/C15H17N5O2/c1-9-14(20(2)8-17-9)15(21)16-7-13-18-11-5-4-10(22-3)6-12(11)19-13/h4-6,8H,7H2,1-3H3,(H,16,21)(H,18,19). The minimum atomic E-state index is -0.171. The van der Waals surface area contributed by atoms with Crippen LogP contribution in [0.2, 0.25) is 0 Å². The maximum absolute atomic E-state index is 12.2. The van der Waals surface area contributed by atoms with Crippen molar-refractivity contribution in [3.63, 3.8) is 0 Å². The highest BCUT2D eigenvalue weighted by Crippen LogP contribution is 2.18. The molecule has 0 atom stereocenters. The summed E-state index contributed by atoms with van der Waals surface area (Å²) in [6.07, 6.45) is 1.62. The van der Waals surface area contributed by atoms with Gasteiger partial charge in [-0.05, 0) is 19.1 Å². The summed E-state index contributed by atoms with van der Waals surface area (Å²) in [4.78, 5) is 23.9. The molecule has 1 amide bonds. The van der Waals surface area contributed by atoms with Crippen LogP contribution >= 0.6 is 0 Å². The van der Waals surface area contributed by atoms with Crippen LogP contribution in [0.25, 0.3) is 11.0 Å². The van der Waals surface area contributed by atoms with E-state index in [0.717, 1.165) is 16.8 Å². The van der Waals surface area contributed by atoms with Crippen LogP contribution in [-0.4, -0.2) is 32.5 Å². The van der Waals surface area contributed by atoms with Gasteiger partial charge < -0.3 is 19.6 Å². The number of fused-ring (bicyclic) bond motifs is 1. The molecular weight excluding hydrogens is 282 g/mol. The Hall–Kier alpha value is -2.83. The number of aromatic nitrogens is 4. The van der Waals surface area contributed by atoms with E-state index in [-0.39, 0.29) is 5.91 Å². The molecule has 0 fully saturated rings. The summed E-state index contributed by atoms with van der Waals surface area (Å²) >= 11 is 0. The smallest absolute Gasteiger partial charge is 0.270 e. The molecular formula is C15H17N5O2. The summed E-state index contributed by atoms with van der Waals surface area (Å²) < 4.78 is 6.88. The number of methoxy groups -OCH3 is 1. The fraction of sp³-hybridized carbons (Fsp3) is 0.267. The van der Waals surface area contributed by atoms with E-state index < -0.39 is 0 Å². The lowest BCUT2D eigenvalue weighted by Crippen LogP contribution is -2.26. The van der Waals surface area contributed by atoms with Crippen LogP contribution in [0.1, 0.15) is 22.0 Å². The average molecular weight is 299 g/mol. The molecule has 114 valence electrons. The molecule has 0 radical (unpaired) electrons. The molecule has 2 heterocycles. The van der Waals surface area contributed by atoms with Gasteiger partial charge >= 0.3 is 0 Å². The molecule has 0 spiro atoms. The monoisotopic (exact) mass is 299 g/mol. The lowest BCUT2D eigenvalue weighted by Gasteiger charge is -2.04. The van der Waals surface area contributed by atoms with E-state index in [2.05, 4.69) is 20.3 Å². The summed E-state index contributed by atoms with van der Waals surface area (Å²) in [6.45, 7) is 2.13. The zero-order valence-electron chi connectivity index (χ0n) is 12.7. The molecule has 0 unspecified atom stereocenters. The molecule has 0 saturated carbocycles. The number of rotatable bonds is 4. The van der Waals surface area contributed by atoms with E-state index in [1.807, 2.05) is 25.1 Å². The molecule has 3 rings (SSSR count). The third-order valence-electron chi connectivity index (χ3n) is 3.49. The highest BCUT2D eigenvalue weighted by Gasteiger charge is 2.14. The number of carbonyl (C=O) groups excluding carboxylic acids is 1. The van der Waals surface area contributed by atoms with Gasteiger partial charge in [-0.25, -0.2) is 9.97 Å². The van der Waals surface area contributed by atoms with Gasteiger partial charge in [-0.2, -0.15) is 0 Å². The molecule has 7 nitrogen and oxygen atoms in total. The number of ether oxygens (including phenoxy) is 1. The number of imidazole rings is 2. The average Bonchev–Trinajstić information content (AvgIpc) is 3.07. The van der Waals surface area contributed by atoms with Crippen LogP contribution in [0.3, 0.4) is 0 Å². The van der Waals surface area contributed by atoms with Crippen LogP contribution < -0.4 is 10.1 Å². The van der Waals surface area contributed by atoms with Gasteiger partial charge in [0.2, 0.25) is 0 Å². The maximum Gasteiger partial charge on any atom is 0.270 e. The van der Waals surface area contributed by atoms with Crippen molar-refractivity contribution in [3.8, 4) is 5.75 Å². The number of nitrogens with one attached hydrogen (secondary N) is 2. The first-order valence-corrected chi connectivity index (χ1v) is 6.87. The van der Waals surface area contributed by atoms with E-state index >= 15 is 0 Å². The highest BCUT2D eigenvalue weighted by atomic mass is 16.5. The predicted molar refractivity (Wildman–Crippen MR) is 81.8 cm³/mol. The molecule has 3 aromatic rings. The Balaban J connectivity index is 1.75. The van der Waals surface area contributed by atoms with Crippen molar-refractivity contribution in [2.24, 2.45) is 7.05 Å². The molecule has 2 N–H and O–H groups in total. The number of H-pyrrole nitrogens is 1. The van der Waals surface area contributed by atoms with E-state index in [0.29, 0.717) is 23.8 Å².